The highest BCUT2D eigenvalue weighted by Crippen LogP contribution is 2.29. The van der Waals surface area contributed by atoms with Crippen LogP contribution in [0.4, 0.5) is 5.69 Å². The summed E-state index contributed by atoms with van der Waals surface area (Å²) in [6.45, 7) is 8.32. The van der Waals surface area contributed by atoms with Gasteiger partial charge in [0.15, 0.2) is 0 Å². The summed E-state index contributed by atoms with van der Waals surface area (Å²) >= 11 is 1.22. The maximum Gasteiger partial charge on any atom is 0.277 e. The maximum absolute atomic E-state index is 12.6. The van der Waals surface area contributed by atoms with Gasteiger partial charge in [0, 0.05) is 5.56 Å². The molecule has 0 saturated heterocycles. The van der Waals surface area contributed by atoms with Crippen LogP contribution in [-0.2, 0) is 4.79 Å². The fourth-order valence-electron chi connectivity index (χ4n) is 2.54. The zero-order valence-electron chi connectivity index (χ0n) is 16.4. The van der Waals surface area contributed by atoms with Gasteiger partial charge in [-0.3, -0.25) is 4.79 Å². The second-order valence-corrected chi connectivity index (χ2v) is 7.64. The second kappa shape index (κ2) is 8.93. The Morgan fingerprint density at radius 1 is 1.18 bits per heavy atom. The number of benzene rings is 2. The van der Waals surface area contributed by atoms with E-state index in [9.17, 15) is 4.79 Å². The molecule has 0 unspecified atom stereocenters. The van der Waals surface area contributed by atoms with Gasteiger partial charge in [-0.05, 0) is 63.1 Å². The Morgan fingerprint density at radius 2 is 1.96 bits per heavy atom. The van der Waals surface area contributed by atoms with Gasteiger partial charge < -0.3 is 14.5 Å². The monoisotopic (exact) mass is 397 g/mol. The minimum absolute atomic E-state index is 0.164. The number of hydrogen-bond donors (Lipinski definition) is 1. The molecule has 1 atom stereocenters. The molecule has 3 aromatic rings. The molecule has 0 spiro atoms. The summed E-state index contributed by atoms with van der Waals surface area (Å²) in [6.07, 6.45) is 0. The molecule has 28 heavy (non-hydrogen) atoms. The summed E-state index contributed by atoms with van der Waals surface area (Å²) in [6, 6.07) is 13.3. The van der Waals surface area contributed by atoms with Gasteiger partial charge in [-0.2, -0.15) is 0 Å². The van der Waals surface area contributed by atoms with Crippen molar-refractivity contribution in [3.05, 3.63) is 53.6 Å². The van der Waals surface area contributed by atoms with Gasteiger partial charge in [-0.25, -0.2) is 0 Å². The molecule has 3 rings (SSSR count). The number of anilines is 1. The van der Waals surface area contributed by atoms with Crippen molar-refractivity contribution in [1.29, 1.82) is 0 Å². The molecule has 0 aliphatic carbocycles. The van der Waals surface area contributed by atoms with E-state index in [2.05, 4.69) is 22.4 Å². The number of nitrogens with zero attached hydrogens (tertiary/aromatic N) is 2. The first-order valence-electron chi connectivity index (χ1n) is 9.08. The summed E-state index contributed by atoms with van der Waals surface area (Å²) in [5, 5.41) is 11.0. The largest absolute Gasteiger partial charge is 0.492 e. The summed E-state index contributed by atoms with van der Waals surface area (Å²) in [4.78, 5) is 12.6. The lowest BCUT2D eigenvalue weighted by Gasteiger charge is -2.13. The third-order valence-corrected chi connectivity index (χ3v) is 5.19. The molecule has 7 heteroatoms. The minimum Gasteiger partial charge on any atom is -0.492 e. The predicted molar refractivity (Wildman–Crippen MR) is 111 cm³/mol. The van der Waals surface area contributed by atoms with Crippen molar-refractivity contribution in [2.24, 2.45) is 0 Å². The third kappa shape index (κ3) is 4.72. The number of amides is 1. The number of carbonyl (C=O) groups is 1. The number of thioether (sulfide) groups is 1. The van der Waals surface area contributed by atoms with Gasteiger partial charge >= 0.3 is 0 Å². The lowest BCUT2D eigenvalue weighted by Crippen LogP contribution is -2.22. The van der Waals surface area contributed by atoms with Crippen LogP contribution in [0.1, 0.15) is 25.0 Å². The van der Waals surface area contributed by atoms with Crippen molar-refractivity contribution in [3.8, 4) is 17.2 Å². The number of para-hydroxylation sites is 2. The molecular weight excluding hydrogens is 374 g/mol. The van der Waals surface area contributed by atoms with Gasteiger partial charge in [0.2, 0.25) is 11.8 Å². The van der Waals surface area contributed by atoms with Crippen molar-refractivity contribution < 1.29 is 13.9 Å². The van der Waals surface area contributed by atoms with Crippen LogP contribution in [0.5, 0.6) is 5.75 Å². The SMILES string of the molecule is CCOc1ccccc1NC(=O)[C@H](C)Sc1nnc(-c2ccc(C)c(C)c2)o1. The van der Waals surface area contributed by atoms with E-state index in [0.717, 1.165) is 11.1 Å². The molecule has 1 amide bonds. The molecule has 0 fully saturated rings. The highest BCUT2D eigenvalue weighted by molar-refractivity contribution is 8.00. The van der Waals surface area contributed by atoms with Crippen LogP contribution in [0.15, 0.2) is 52.1 Å². The number of ether oxygens (including phenoxy) is 1. The molecule has 1 heterocycles. The standard InChI is InChI=1S/C21H23N3O3S/c1-5-26-18-9-7-6-8-17(18)22-19(25)15(4)28-21-24-23-20(27-21)16-11-10-13(2)14(3)12-16/h6-12,15H,5H2,1-4H3,(H,22,25)/t15-/m0/s1. The highest BCUT2D eigenvalue weighted by atomic mass is 32.2. The van der Waals surface area contributed by atoms with Crippen LogP contribution in [0, 0.1) is 13.8 Å². The third-order valence-electron chi connectivity index (χ3n) is 4.25. The van der Waals surface area contributed by atoms with Gasteiger partial charge in [0.25, 0.3) is 5.22 Å². The van der Waals surface area contributed by atoms with Crippen molar-refractivity contribution >= 4 is 23.4 Å². The zero-order chi connectivity index (χ0) is 20.1. The number of rotatable bonds is 7. The van der Waals surface area contributed by atoms with E-state index in [1.807, 2.05) is 56.3 Å². The zero-order valence-corrected chi connectivity index (χ0v) is 17.2. The summed E-state index contributed by atoms with van der Waals surface area (Å²) in [5.74, 6) is 0.924. The van der Waals surface area contributed by atoms with Crippen LogP contribution < -0.4 is 10.1 Å². The van der Waals surface area contributed by atoms with E-state index in [1.165, 1.54) is 17.3 Å². The molecule has 0 aliphatic rings. The first-order valence-corrected chi connectivity index (χ1v) is 9.96. The van der Waals surface area contributed by atoms with Gasteiger partial charge in [0.1, 0.15) is 5.75 Å². The minimum atomic E-state index is -0.414. The van der Waals surface area contributed by atoms with E-state index in [0.29, 0.717) is 29.2 Å². The molecule has 2 aromatic carbocycles. The lowest BCUT2D eigenvalue weighted by molar-refractivity contribution is -0.115. The van der Waals surface area contributed by atoms with Crippen molar-refractivity contribution in [3.63, 3.8) is 0 Å². The summed E-state index contributed by atoms with van der Waals surface area (Å²) < 4.78 is 11.3. The van der Waals surface area contributed by atoms with Crippen LogP contribution in [0.2, 0.25) is 0 Å². The van der Waals surface area contributed by atoms with Crippen LogP contribution in [-0.4, -0.2) is 28.0 Å². The smallest absolute Gasteiger partial charge is 0.277 e. The molecule has 146 valence electrons. The number of carbonyl (C=O) groups excluding carboxylic acids is 1. The first-order chi connectivity index (χ1) is 13.5. The van der Waals surface area contributed by atoms with E-state index >= 15 is 0 Å². The summed E-state index contributed by atoms with van der Waals surface area (Å²) in [7, 11) is 0. The fourth-order valence-corrected chi connectivity index (χ4v) is 3.22. The highest BCUT2D eigenvalue weighted by Gasteiger charge is 2.20. The molecule has 1 N–H and O–H groups in total. The van der Waals surface area contributed by atoms with Gasteiger partial charge in [-0.15, -0.1) is 10.2 Å². The van der Waals surface area contributed by atoms with E-state index in [4.69, 9.17) is 9.15 Å². The second-order valence-electron chi connectivity index (χ2n) is 6.35. The lowest BCUT2D eigenvalue weighted by atomic mass is 10.1. The Bertz CT molecular complexity index is 971. The first kappa shape index (κ1) is 19.9. The predicted octanol–water partition coefficient (Wildman–Crippen LogP) is 4.87. The van der Waals surface area contributed by atoms with Crippen molar-refractivity contribution in [2.45, 2.75) is 38.2 Å². The van der Waals surface area contributed by atoms with E-state index in [-0.39, 0.29) is 5.91 Å². The van der Waals surface area contributed by atoms with Crippen molar-refractivity contribution in [1.82, 2.24) is 10.2 Å². The summed E-state index contributed by atoms with van der Waals surface area (Å²) in [5.41, 5.74) is 3.87. The molecule has 0 aliphatic heterocycles. The van der Waals surface area contributed by atoms with E-state index in [1.54, 1.807) is 6.92 Å². The maximum atomic E-state index is 12.6. The number of nitrogens with one attached hydrogen (secondary N) is 1. The topological polar surface area (TPSA) is 77.2 Å². The average molecular weight is 398 g/mol. The average Bonchev–Trinajstić information content (AvgIpc) is 3.14. The Kier molecular flexibility index (Phi) is 6.36. The number of aromatic nitrogens is 2. The van der Waals surface area contributed by atoms with E-state index < -0.39 is 5.25 Å². The quantitative estimate of drug-likeness (QED) is 0.573. The molecule has 6 nitrogen and oxygen atoms in total. The molecule has 1 aromatic heterocycles. The Balaban J connectivity index is 1.66. The molecular formula is C21H23N3O3S. The fraction of sp³-hybridized carbons (Fsp3) is 0.286. The molecule has 0 radical (unpaired) electrons. The Labute approximate surface area is 168 Å². The van der Waals surface area contributed by atoms with Gasteiger partial charge in [-0.1, -0.05) is 30.0 Å². The van der Waals surface area contributed by atoms with Gasteiger partial charge in [0.05, 0.1) is 17.5 Å². The molecule has 0 saturated carbocycles. The normalized spacial score (nSPS) is 11.9. The van der Waals surface area contributed by atoms with Crippen LogP contribution in [0.25, 0.3) is 11.5 Å². The van der Waals surface area contributed by atoms with Crippen molar-refractivity contribution in [2.75, 3.05) is 11.9 Å². The van der Waals surface area contributed by atoms with Crippen LogP contribution in [0.3, 0.4) is 0 Å². The number of aryl methyl sites for hydroxylation is 2. The Morgan fingerprint density at radius 3 is 2.71 bits per heavy atom. The number of hydrogen-bond acceptors (Lipinski definition) is 6. The van der Waals surface area contributed by atoms with Crippen LogP contribution >= 0.6 is 11.8 Å². The molecule has 0 bridgehead atoms. The Hall–Kier alpha value is -2.80.